The molecule has 5 aromatic rings. The first-order valence-electron chi connectivity index (χ1n) is 10.8. The van der Waals surface area contributed by atoms with Crippen molar-refractivity contribution in [2.45, 2.75) is 18.4 Å². The molecule has 0 bridgehead atoms. The first-order chi connectivity index (χ1) is 15.3. The molecule has 0 fully saturated rings. The summed E-state index contributed by atoms with van der Waals surface area (Å²) in [5, 5.41) is 12.4. The van der Waals surface area contributed by atoms with Crippen LogP contribution in [0.1, 0.15) is 35.1 Å². The molecule has 0 aliphatic rings. The normalized spacial score (nSPS) is 13.2. The molecule has 0 spiro atoms. The van der Waals surface area contributed by atoms with E-state index in [2.05, 4.69) is 77.8 Å². The van der Waals surface area contributed by atoms with Crippen LogP contribution in [0.15, 0.2) is 115 Å². The Bertz CT molecular complexity index is 1260. The molecule has 152 valence electrons. The molecule has 4 aromatic carbocycles. The lowest BCUT2D eigenvalue weighted by Crippen LogP contribution is -2.09. The Kier molecular flexibility index (Phi) is 5.39. The van der Waals surface area contributed by atoms with Gasteiger partial charge in [0.05, 0.1) is 11.8 Å². The minimum atomic E-state index is -0.552. The molecule has 2 N–H and O–H groups in total. The van der Waals surface area contributed by atoms with Gasteiger partial charge in [-0.1, -0.05) is 109 Å². The lowest BCUT2D eigenvalue weighted by molar-refractivity contribution is 0.162. The fourth-order valence-electron chi connectivity index (χ4n) is 4.50. The quantitative estimate of drug-likeness (QED) is 0.312. The van der Waals surface area contributed by atoms with Gasteiger partial charge in [-0.25, -0.2) is 0 Å². The van der Waals surface area contributed by atoms with E-state index >= 15 is 0 Å². The minimum absolute atomic E-state index is 0.0442. The van der Waals surface area contributed by atoms with Gasteiger partial charge in [0.25, 0.3) is 0 Å². The van der Waals surface area contributed by atoms with Crippen LogP contribution in [0.3, 0.4) is 0 Å². The Morgan fingerprint density at radius 3 is 1.84 bits per heavy atom. The van der Waals surface area contributed by atoms with Crippen LogP contribution in [-0.2, 0) is 0 Å². The maximum atomic E-state index is 11.2. The number of H-pyrrole nitrogens is 1. The number of aromatic amines is 1. The van der Waals surface area contributed by atoms with Gasteiger partial charge in [0, 0.05) is 16.8 Å². The first kappa shape index (κ1) is 19.3. The lowest BCUT2D eigenvalue weighted by atomic mass is 9.82. The average Bonchev–Trinajstić information content (AvgIpc) is 3.23. The number of nitrogens with one attached hydrogen (secondary N) is 1. The second kappa shape index (κ2) is 8.63. The van der Waals surface area contributed by atoms with Gasteiger partial charge in [0.2, 0.25) is 0 Å². The first-order valence-corrected chi connectivity index (χ1v) is 10.8. The smallest absolute Gasteiger partial charge is 0.0799 e. The van der Waals surface area contributed by atoms with Gasteiger partial charge in [-0.3, -0.25) is 0 Å². The third-order valence-electron chi connectivity index (χ3n) is 6.00. The SMILES string of the molecule is OC(CC(c1ccccc1)c1c(-c2ccccc2)[nH]c2ccccc12)c1ccccc1. The molecule has 2 heteroatoms. The zero-order valence-electron chi connectivity index (χ0n) is 17.3. The van der Waals surface area contributed by atoms with Gasteiger partial charge in [-0.15, -0.1) is 0 Å². The average molecular weight is 404 g/mol. The number of hydrogen-bond donors (Lipinski definition) is 2. The van der Waals surface area contributed by atoms with E-state index in [9.17, 15) is 5.11 Å². The summed E-state index contributed by atoms with van der Waals surface area (Å²) in [6, 6.07) is 39.4. The highest BCUT2D eigenvalue weighted by Crippen LogP contribution is 2.42. The van der Waals surface area contributed by atoms with E-state index in [1.165, 1.54) is 16.5 Å². The molecule has 2 nitrogen and oxygen atoms in total. The number of hydrogen-bond acceptors (Lipinski definition) is 1. The summed E-state index contributed by atoms with van der Waals surface area (Å²) in [6.45, 7) is 0. The van der Waals surface area contributed by atoms with Gasteiger partial charge in [0.1, 0.15) is 0 Å². The summed E-state index contributed by atoms with van der Waals surface area (Å²) in [4.78, 5) is 3.66. The van der Waals surface area contributed by atoms with Crippen LogP contribution in [0.5, 0.6) is 0 Å². The maximum Gasteiger partial charge on any atom is 0.0799 e. The molecule has 2 atom stereocenters. The zero-order valence-corrected chi connectivity index (χ0v) is 17.3. The molecule has 0 amide bonds. The van der Waals surface area contributed by atoms with Crippen molar-refractivity contribution < 1.29 is 5.11 Å². The summed E-state index contributed by atoms with van der Waals surface area (Å²) in [5.74, 6) is 0.0442. The van der Waals surface area contributed by atoms with Crippen LogP contribution in [0.25, 0.3) is 22.2 Å². The van der Waals surface area contributed by atoms with Crippen molar-refractivity contribution in [3.63, 3.8) is 0 Å². The predicted molar refractivity (Wildman–Crippen MR) is 128 cm³/mol. The van der Waals surface area contributed by atoms with Crippen molar-refractivity contribution in [1.29, 1.82) is 0 Å². The second-order valence-electron chi connectivity index (χ2n) is 7.95. The molecule has 1 aromatic heterocycles. The summed E-state index contributed by atoms with van der Waals surface area (Å²) in [5.41, 5.74) is 6.79. The van der Waals surface area contributed by atoms with Crippen molar-refractivity contribution in [2.24, 2.45) is 0 Å². The molecule has 0 radical (unpaired) electrons. The standard InChI is InChI=1S/C29H25NO/c31-27(22-14-6-2-7-15-22)20-25(21-12-4-1-5-13-21)28-24-18-10-11-19-26(24)30-29(28)23-16-8-3-9-17-23/h1-19,25,27,30-31H,20H2. The summed E-state index contributed by atoms with van der Waals surface area (Å²) < 4.78 is 0. The van der Waals surface area contributed by atoms with E-state index in [1.807, 2.05) is 42.5 Å². The molecule has 0 saturated heterocycles. The highest BCUT2D eigenvalue weighted by atomic mass is 16.3. The van der Waals surface area contributed by atoms with Crippen LogP contribution in [-0.4, -0.2) is 10.1 Å². The number of para-hydroxylation sites is 1. The summed E-state index contributed by atoms with van der Waals surface area (Å²) >= 11 is 0. The van der Waals surface area contributed by atoms with Gasteiger partial charge >= 0.3 is 0 Å². The molecule has 5 rings (SSSR count). The van der Waals surface area contributed by atoms with E-state index in [0.29, 0.717) is 6.42 Å². The van der Waals surface area contributed by atoms with E-state index in [4.69, 9.17) is 0 Å². The van der Waals surface area contributed by atoms with E-state index < -0.39 is 6.10 Å². The van der Waals surface area contributed by atoms with Gasteiger partial charge in [-0.2, -0.15) is 0 Å². The summed E-state index contributed by atoms with van der Waals surface area (Å²) in [6.07, 6.45) is 0.0547. The monoisotopic (exact) mass is 403 g/mol. The fourth-order valence-corrected chi connectivity index (χ4v) is 4.50. The van der Waals surface area contributed by atoms with Crippen molar-refractivity contribution in [1.82, 2.24) is 4.98 Å². The van der Waals surface area contributed by atoms with Crippen LogP contribution < -0.4 is 0 Å². The van der Waals surface area contributed by atoms with Gasteiger partial charge in [0.15, 0.2) is 0 Å². The van der Waals surface area contributed by atoms with Crippen molar-refractivity contribution in [3.8, 4) is 11.3 Å². The minimum Gasteiger partial charge on any atom is -0.388 e. The number of aliphatic hydroxyl groups is 1. The highest BCUT2D eigenvalue weighted by molar-refractivity contribution is 5.92. The van der Waals surface area contributed by atoms with Gasteiger partial charge < -0.3 is 10.1 Å². The molecular weight excluding hydrogens is 378 g/mol. The van der Waals surface area contributed by atoms with Crippen LogP contribution in [0.4, 0.5) is 0 Å². The largest absolute Gasteiger partial charge is 0.388 e. The number of aliphatic hydroxyl groups excluding tert-OH is 1. The van der Waals surface area contributed by atoms with Crippen molar-refractivity contribution >= 4 is 10.9 Å². The maximum absolute atomic E-state index is 11.2. The Balaban J connectivity index is 1.69. The Labute approximate surface area is 182 Å². The van der Waals surface area contributed by atoms with Crippen LogP contribution in [0, 0.1) is 0 Å². The second-order valence-corrected chi connectivity index (χ2v) is 7.95. The lowest BCUT2D eigenvalue weighted by Gasteiger charge is -2.23. The van der Waals surface area contributed by atoms with E-state index in [1.54, 1.807) is 0 Å². The van der Waals surface area contributed by atoms with E-state index in [0.717, 1.165) is 22.3 Å². The van der Waals surface area contributed by atoms with Gasteiger partial charge in [-0.05, 0) is 34.7 Å². The predicted octanol–water partition coefficient (Wildman–Crippen LogP) is 7.09. The van der Waals surface area contributed by atoms with Crippen LogP contribution in [0.2, 0.25) is 0 Å². The third-order valence-corrected chi connectivity index (χ3v) is 6.00. The molecule has 1 heterocycles. The Morgan fingerprint density at radius 1 is 0.613 bits per heavy atom. The third kappa shape index (κ3) is 3.90. The van der Waals surface area contributed by atoms with E-state index in [-0.39, 0.29) is 5.92 Å². The summed E-state index contributed by atoms with van der Waals surface area (Å²) in [7, 11) is 0. The molecule has 2 unspecified atom stereocenters. The Morgan fingerprint density at radius 2 is 1.16 bits per heavy atom. The number of benzene rings is 4. The van der Waals surface area contributed by atoms with Crippen LogP contribution >= 0.6 is 0 Å². The van der Waals surface area contributed by atoms with Crippen molar-refractivity contribution in [3.05, 3.63) is 132 Å². The topological polar surface area (TPSA) is 36.0 Å². The zero-order chi connectivity index (χ0) is 21.0. The highest BCUT2D eigenvalue weighted by Gasteiger charge is 2.26. The molecule has 31 heavy (non-hydrogen) atoms. The number of aromatic nitrogens is 1. The fraction of sp³-hybridized carbons (Fsp3) is 0.103. The molecular formula is C29H25NO. The Hall–Kier alpha value is -3.62. The molecule has 0 saturated carbocycles. The molecule has 0 aliphatic heterocycles. The van der Waals surface area contributed by atoms with Crippen molar-refractivity contribution in [2.75, 3.05) is 0 Å². The number of fused-ring (bicyclic) bond motifs is 1. The number of rotatable bonds is 6. The molecule has 0 aliphatic carbocycles.